The zero-order valence-corrected chi connectivity index (χ0v) is 12.5. The Morgan fingerprint density at radius 2 is 1.70 bits per heavy atom. The first kappa shape index (κ1) is 14.9. The number of nitrogens with one attached hydrogen (secondary N) is 1. The first-order valence-corrected chi connectivity index (χ1v) is 7.02. The molecule has 2 rings (SSSR count). The van der Waals surface area contributed by atoms with Crippen molar-refractivity contribution in [2.45, 2.75) is 19.5 Å². The maximum absolute atomic E-state index is 8.78. The van der Waals surface area contributed by atoms with Crippen molar-refractivity contribution >= 4 is 23.2 Å². The number of hydrogen-bond acceptors (Lipinski definition) is 2. The topological polar surface area (TPSA) is 35.8 Å². The van der Waals surface area contributed by atoms with E-state index in [0.717, 1.165) is 11.1 Å². The summed E-state index contributed by atoms with van der Waals surface area (Å²) in [5, 5.41) is 13.5. The van der Waals surface area contributed by atoms with Crippen LogP contribution < -0.4 is 5.32 Å². The van der Waals surface area contributed by atoms with E-state index in [1.54, 1.807) is 6.07 Å². The average molecular weight is 305 g/mol. The van der Waals surface area contributed by atoms with Crippen molar-refractivity contribution in [3.8, 4) is 6.07 Å². The first-order valence-electron chi connectivity index (χ1n) is 6.27. The molecule has 0 spiro atoms. The number of benzene rings is 2. The second-order valence-electron chi connectivity index (χ2n) is 4.61. The second kappa shape index (κ2) is 6.76. The van der Waals surface area contributed by atoms with Crippen molar-refractivity contribution in [3.05, 3.63) is 69.2 Å². The maximum Gasteiger partial charge on any atom is 0.0991 e. The third-order valence-electron chi connectivity index (χ3n) is 3.07. The molecule has 2 aromatic carbocycles. The summed E-state index contributed by atoms with van der Waals surface area (Å²) in [5.41, 5.74) is 2.85. The standard InChI is InChI=1S/C16H14Cl2N2/c1-11(14-4-2-12(9-19)3-5-14)20-10-13-6-15(17)8-16(18)7-13/h2-8,11,20H,10H2,1H3. The molecule has 4 heteroatoms. The largest absolute Gasteiger partial charge is 0.306 e. The van der Waals surface area contributed by atoms with Gasteiger partial charge in [0.1, 0.15) is 0 Å². The molecule has 2 aromatic rings. The normalized spacial score (nSPS) is 11.9. The molecule has 0 saturated carbocycles. The fraction of sp³-hybridized carbons (Fsp3) is 0.188. The molecular formula is C16H14Cl2N2. The van der Waals surface area contributed by atoms with Crippen molar-refractivity contribution in [1.82, 2.24) is 5.32 Å². The van der Waals surface area contributed by atoms with Gasteiger partial charge in [-0.1, -0.05) is 35.3 Å². The van der Waals surface area contributed by atoms with E-state index >= 15 is 0 Å². The number of rotatable bonds is 4. The Morgan fingerprint density at radius 1 is 1.10 bits per heavy atom. The predicted molar refractivity (Wildman–Crippen MR) is 82.9 cm³/mol. The summed E-state index contributed by atoms with van der Waals surface area (Å²) in [6.07, 6.45) is 0. The third-order valence-corrected chi connectivity index (χ3v) is 3.51. The van der Waals surface area contributed by atoms with E-state index < -0.39 is 0 Å². The maximum atomic E-state index is 8.78. The van der Waals surface area contributed by atoms with Crippen LogP contribution >= 0.6 is 23.2 Å². The minimum absolute atomic E-state index is 0.181. The molecule has 102 valence electrons. The zero-order chi connectivity index (χ0) is 14.5. The van der Waals surface area contributed by atoms with Gasteiger partial charge in [-0.05, 0) is 48.4 Å². The summed E-state index contributed by atoms with van der Waals surface area (Å²) in [7, 11) is 0. The highest BCUT2D eigenvalue weighted by molar-refractivity contribution is 6.34. The second-order valence-corrected chi connectivity index (χ2v) is 5.49. The van der Waals surface area contributed by atoms with Crippen LogP contribution in [0.2, 0.25) is 10.0 Å². The van der Waals surface area contributed by atoms with Crippen LogP contribution in [0.3, 0.4) is 0 Å². The van der Waals surface area contributed by atoms with E-state index in [1.165, 1.54) is 0 Å². The Morgan fingerprint density at radius 3 is 2.25 bits per heavy atom. The summed E-state index contributed by atoms with van der Waals surface area (Å²) in [5.74, 6) is 0. The molecule has 0 aliphatic heterocycles. The Kier molecular flexibility index (Phi) is 5.03. The summed E-state index contributed by atoms with van der Waals surface area (Å²) in [4.78, 5) is 0. The van der Waals surface area contributed by atoms with Gasteiger partial charge in [-0.25, -0.2) is 0 Å². The fourth-order valence-corrected chi connectivity index (χ4v) is 2.52. The molecule has 0 amide bonds. The zero-order valence-electron chi connectivity index (χ0n) is 11.0. The lowest BCUT2D eigenvalue weighted by molar-refractivity contribution is 0.575. The molecule has 0 bridgehead atoms. The van der Waals surface area contributed by atoms with Gasteiger partial charge in [-0.3, -0.25) is 0 Å². The van der Waals surface area contributed by atoms with Crippen molar-refractivity contribution in [1.29, 1.82) is 5.26 Å². The molecule has 0 aliphatic rings. The predicted octanol–water partition coefficient (Wildman–Crippen LogP) is 4.72. The molecule has 0 saturated heterocycles. The molecule has 1 unspecified atom stereocenters. The van der Waals surface area contributed by atoms with Crippen molar-refractivity contribution in [2.24, 2.45) is 0 Å². The lowest BCUT2D eigenvalue weighted by atomic mass is 10.1. The molecule has 0 radical (unpaired) electrons. The summed E-state index contributed by atoms with van der Waals surface area (Å²) in [6, 6.07) is 15.4. The Labute approximate surface area is 128 Å². The van der Waals surface area contributed by atoms with Gasteiger partial charge in [-0.2, -0.15) is 5.26 Å². The van der Waals surface area contributed by atoms with Gasteiger partial charge in [0.15, 0.2) is 0 Å². The smallest absolute Gasteiger partial charge is 0.0991 e. The van der Waals surface area contributed by atoms with E-state index in [9.17, 15) is 0 Å². The van der Waals surface area contributed by atoms with Crippen LogP contribution in [0.25, 0.3) is 0 Å². The summed E-state index contributed by atoms with van der Waals surface area (Å²) < 4.78 is 0. The van der Waals surface area contributed by atoms with Gasteiger partial charge in [0.2, 0.25) is 0 Å². The molecule has 1 N–H and O–H groups in total. The summed E-state index contributed by atoms with van der Waals surface area (Å²) in [6.45, 7) is 2.76. The van der Waals surface area contributed by atoms with E-state index in [1.807, 2.05) is 36.4 Å². The monoisotopic (exact) mass is 304 g/mol. The first-order chi connectivity index (χ1) is 9.58. The number of halogens is 2. The molecule has 0 fully saturated rings. The number of nitriles is 1. The molecule has 2 nitrogen and oxygen atoms in total. The van der Waals surface area contributed by atoms with Crippen LogP contribution in [0.1, 0.15) is 29.7 Å². The Balaban J connectivity index is 2.00. The quantitative estimate of drug-likeness (QED) is 0.887. The lowest BCUT2D eigenvalue weighted by Gasteiger charge is -2.14. The molecule has 1 atom stereocenters. The van der Waals surface area contributed by atoms with Gasteiger partial charge >= 0.3 is 0 Å². The fourth-order valence-electron chi connectivity index (χ4n) is 1.95. The van der Waals surface area contributed by atoms with Gasteiger partial charge in [0.05, 0.1) is 11.6 Å². The van der Waals surface area contributed by atoms with E-state index in [0.29, 0.717) is 22.2 Å². The van der Waals surface area contributed by atoms with Crippen molar-refractivity contribution in [3.63, 3.8) is 0 Å². The van der Waals surface area contributed by atoms with Crippen LogP contribution in [-0.2, 0) is 6.54 Å². The summed E-state index contributed by atoms with van der Waals surface area (Å²) >= 11 is 11.9. The third kappa shape index (κ3) is 3.98. The van der Waals surface area contributed by atoms with Gasteiger partial charge < -0.3 is 5.32 Å². The highest BCUT2D eigenvalue weighted by Crippen LogP contribution is 2.20. The lowest BCUT2D eigenvalue weighted by Crippen LogP contribution is -2.18. The average Bonchev–Trinajstić information content (AvgIpc) is 2.44. The minimum atomic E-state index is 0.181. The van der Waals surface area contributed by atoms with Crippen molar-refractivity contribution in [2.75, 3.05) is 0 Å². The molecule has 0 aliphatic carbocycles. The molecule has 0 heterocycles. The van der Waals surface area contributed by atoms with Crippen LogP contribution in [-0.4, -0.2) is 0 Å². The van der Waals surface area contributed by atoms with Gasteiger partial charge in [-0.15, -0.1) is 0 Å². The van der Waals surface area contributed by atoms with Crippen molar-refractivity contribution < 1.29 is 0 Å². The Hall–Kier alpha value is -1.53. The number of nitrogens with zero attached hydrogens (tertiary/aromatic N) is 1. The van der Waals surface area contributed by atoms with Gasteiger partial charge in [0.25, 0.3) is 0 Å². The molecular weight excluding hydrogens is 291 g/mol. The van der Waals surface area contributed by atoms with Crippen LogP contribution in [0.15, 0.2) is 42.5 Å². The minimum Gasteiger partial charge on any atom is -0.306 e. The van der Waals surface area contributed by atoms with Crippen LogP contribution in [0, 0.1) is 11.3 Å². The van der Waals surface area contributed by atoms with E-state index in [4.69, 9.17) is 28.5 Å². The highest BCUT2D eigenvalue weighted by atomic mass is 35.5. The van der Waals surface area contributed by atoms with E-state index in [2.05, 4.69) is 18.3 Å². The SMILES string of the molecule is CC(NCc1cc(Cl)cc(Cl)c1)c1ccc(C#N)cc1. The molecule has 20 heavy (non-hydrogen) atoms. The van der Waals surface area contributed by atoms with E-state index in [-0.39, 0.29) is 6.04 Å². The van der Waals surface area contributed by atoms with Gasteiger partial charge in [0, 0.05) is 22.6 Å². The Bertz CT molecular complexity index is 610. The molecule has 0 aromatic heterocycles. The van der Waals surface area contributed by atoms with Crippen LogP contribution in [0.4, 0.5) is 0 Å². The highest BCUT2D eigenvalue weighted by Gasteiger charge is 2.05. The number of hydrogen-bond donors (Lipinski definition) is 1. The van der Waals surface area contributed by atoms with Crippen LogP contribution in [0.5, 0.6) is 0 Å².